The lowest BCUT2D eigenvalue weighted by Crippen LogP contribution is -2.28. The highest BCUT2D eigenvalue weighted by Crippen LogP contribution is 2.31. The Bertz CT molecular complexity index is 877. The first kappa shape index (κ1) is 23.0. The minimum Gasteiger partial charge on any atom is -0.481 e. The van der Waals surface area contributed by atoms with Crippen molar-refractivity contribution in [3.63, 3.8) is 0 Å². The molecule has 1 aliphatic carbocycles. The Balaban J connectivity index is 0.000000222. The molecule has 0 bridgehead atoms. The van der Waals surface area contributed by atoms with E-state index in [4.69, 9.17) is 10.2 Å². The predicted molar refractivity (Wildman–Crippen MR) is 100 cm³/mol. The molecule has 7 nitrogen and oxygen atoms in total. The van der Waals surface area contributed by atoms with Crippen molar-refractivity contribution in [2.45, 2.75) is 26.1 Å². The van der Waals surface area contributed by atoms with Gasteiger partial charge in [0.1, 0.15) is 0 Å². The molecule has 1 saturated heterocycles. The van der Waals surface area contributed by atoms with E-state index in [2.05, 4.69) is 5.32 Å². The smallest absolute Gasteiger partial charge is 0.416 e. The molecule has 1 atom stereocenters. The maximum atomic E-state index is 12.3. The number of urea groups is 1. The van der Waals surface area contributed by atoms with E-state index < -0.39 is 29.1 Å². The van der Waals surface area contributed by atoms with Gasteiger partial charge in [0.25, 0.3) is 0 Å². The highest BCUT2D eigenvalue weighted by Gasteiger charge is 2.34. The summed E-state index contributed by atoms with van der Waals surface area (Å²) >= 11 is 0. The summed E-state index contributed by atoms with van der Waals surface area (Å²) in [5, 5.41) is 20.1. The zero-order valence-electron chi connectivity index (χ0n) is 16.1. The highest BCUT2D eigenvalue weighted by atomic mass is 19.4. The van der Waals surface area contributed by atoms with E-state index in [1.807, 2.05) is 0 Å². The monoisotopic (exact) mass is 426 g/mol. The number of rotatable bonds is 4. The molecule has 162 valence electrons. The molecule has 3 rings (SSSR count). The standard InChI is InChI=1S/C11H11F3N2O.C9H10O4/c12-11(13,14)9-3-1-8(2-4-9)7-16-6-5-15-10(16)17;1-9(8(12)13)4-2-3-6(5-9)7(10)11/h1-4H,5-7H2,(H,15,17);2-4H,5H2,1H3,(H,10,11)(H,12,13). The molecule has 3 N–H and O–H groups in total. The van der Waals surface area contributed by atoms with Gasteiger partial charge in [-0.2, -0.15) is 13.2 Å². The van der Waals surface area contributed by atoms with Gasteiger partial charge >= 0.3 is 24.1 Å². The number of alkyl halides is 3. The third-order valence-corrected chi connectivity index (χ3v) is 4.68. The van der Waals surface area contributed by atoms with Crippen LogP contribution in [0.2, 0.25) is 0 Å². The average molecular weight is 426 g/mol. The molecule has 1 aromatic carbocycles. The third kappa shape index (κ3) is 5.85. The lowest BCUT2D eigenvalue weighted by Gasteiger charge is -2.23. The summed E-state index contributed by atoms with van der Waals surface area (Å²) in [4.78, 5) is 34.1. The number of halogens is 3. The van der Waals surface area contributed by atoms with E-state index in [-0.39, 0.29) is 18.0 Å². The number of benzene rings is 1. The fraction of sp³-hybridized carbons (Fsp3) is 0.350. The van der Waals surface area contributed by atoms with Crippen molar-refractivity contribution in [2.75, 3.05) is 13.1 Å². The number of carboxylic acids is 2. The van der Waals surface area contributed by atoms with Crippen LogP contribution in [0.1, 0.15) is 24.5 Å². The van der Waals surface area contributed by atoms with Crippen molar-refractivity contribution < 1.29 is 37.8 Å². The number of hydrogen-bond donors (Lipinski definition) is 3. The Hall–Kier alpha value is -3.30. The van der Waals surface area contributed by atoms with Crippen LogP contribution in [0, 0.1) is 5.41 Å². The van der Waals surface area contributed by atoms with Gasteiger partial charge in [-0.15, -0.1) is 0 Å². The SMILES string of the molecule is CC1(C(=O)O)C=CC=C(C(=O)O)C1.O=C1NCCN1Cc1ccc(C(F)(F)F)cc1. The summed E-state index contributed by atoms with van der Waals surface area (Å²) in [5.41, 5.74) is -0.933. The Morgan fingerprint density at radius 2 is 1.83 bits per heavy atom. The van der Waals surface area contributed by atoms with Gasteiger partial charge in [-0.05, 0) is 31.0 Å². The van der Waals surface area contributed by atoms with E-state index in [0.29, 0.717) is 25.2 Å². The van der Waals surface area contributed by atoms with Crippen molar-refractivity contribution in [3.8, 4) is 0 Å². The second-order valence-electron chi connectivity index (χ2n) is 7.10. The van der Waals surface area contributed by atoms with Crippen molar-refractivity contribution in [3.05, 3.63) is 59.2 Å². The van der Waals surface area contributed by atoms with Gasteiger partial charge in [0.2, 0.25) is 0 Å². The Morgan fingerprint density at radius 1 is 1.20 bits per heavy atom. The number of amides is 2. The molecule has 10 heteroatoms. The first-order valence-electron chi connectivity index (χ1n) is 8.96. The van der Waals surface area contributed by atoms with Gasteiger partial charge in [0, 0.05) is 25.2 Å². The van der Waals surface area contributed by atoms with Crippen molar-refractivity contribution in [1.29, 1.82) is 0 Å². The number of nitrogens with zero attached hydrogens (tertiary/aromatic N) is 1. The van der Waals surface area contributed by atoms with Crippen LogP contribution in [-0.4, -0.2) is 46.2 Å². The van der Waals surface area contributed by atoms with Crippen LogP contribution in [0.3, 0.4) is 0 Å². The van der Waals surface area contributed by atoms with Crippen molar-refractivity contribution in [2.24, 2.45) is 5.41 Å². The van der Waals surface area contributed by atoms with E-state index in [1.54, 1.807) is 4.90 Å². The molecular weight excluding hydrogens is 405 g/mol. The first-order chi connectivity index (χ1) is 13.9. The molecule has 1 aliphatic heterocycles. The zero-order chi connectivity index (χ0) is 22.5. The van der Waals surface area contributed by atoms with E-state index in [1.165, 1.54) is 37.3 Å². The van der Waals surface area contributed by atoms with Crippen LogP contribution < -0.4 is 5.32 Å². The summed E-state index contributed by atoms with van der Waals surface area (Å²) in [6.07, 6.45) is 0.119. The van der Waals surface area contributed by atoms with E-state index >= 15 is 0 Å². The van der Waals surface area contributed by atoms with Gasteiger partial charge in [-0.25, -0.2) is 9.59 Å². The van der Waals surface area contributed by atoms with E-state index in [0.717, 1.165) is 12.1 Å². The molecule has 1 fully saturated rings. The van der Waals surface area contributed by atoms with Crippen LogP contribution in [0.4, 0.5) is 18.0 Å². The van der Waals surface area contributed by atoms with Gasteiger partial charge in [0.05, 0.1) is 11.0 Å². The minimum atomic E-state index is -4.32. The molecule has 2 amide bonds. The number of carboxylic acid groups (broad SMARTS) is 2. The van der Waals surface area contributed by atoms with Crippen molar-refractivity contribution >= 4 is 18.0 Å². The number of allylic oxidation sites excluding steroid dienone is 2. The van der Waals surface area contributed by atoms with Gasteiger partial charge in [-0.1, -0.05) is 30.4 Å². The molecule has 0 saturated carbocycles. The molecule has 0 spiro atoms. The van der Waals surface area contributed by atoms with Gasteiger partial charge in [0.15, 0.2) is 0 Å². The number of carbonyl (C=O) groups excluding carboxylic acids is 1. The topological polar surface area (TPSA) is 107 Å². The molecule has 0 aromatic heterocycles. The van der Waals surface area contributed by atoms with Crippen molar-refractivity contribution in [1.82, 2.24) is 10.2 Å². The highest BCUT2D eigenvalue weighted by molar-refractivity contribution is 5.90. The molecule has 30 heavy (non-hydrogen) atoms. The zero-order valence-corrected chi connectivity index (χ0v) is 16.1. The number of nitrogens with one attached hydrogen (secondary N) is 1. The van der Waals surface area contributed by atoms with Crippen LogP contribution >= 0.6 is 0 Å². The summed E-state index contributed by atoms with van der Waals surface area (Å²) in [6, 6.07) is 4.68. The normalized spacial score (nSPS) is 20.7. The second-order valence-corrected chi connectivity index (χ2v) is 7.10. The third-order valence-electron chi connectivity index (χ3n) is 4.68. The Labute approximate surface area is 170 Å². The second kappa shape index (κ2) is 9.02. The largest absolute Gasteiger partial charge is 0.481 e. The first-order valence-corrected chi connectivity index (χ1v) is 8.96. The molecule has 1 heterocycles. The molecule has 1 aromatic rings. The lowest BCUT2D eigenvalue weighted by atomic mass is 9.80. The minimum absolute atomic E-state index is 0.0359. The predicted octanol–water partition coefficient (Wildman–Crippen LogP) is 3.28. The molecule has 0 radical (unpaired) electrons. The molecule has 2 aliphatic rings. The fourth-order valence-electron chi connectivity index (χ4n) is 2.87. The van der Waals surface area contributed by atoms with E-state index in [9.17, 15) is 27.6 Å². The number of hydrogen-bond acceptors (Lipinski definition) is 3. The van der Waals surface area contributed by atoms with Gasteiger partial charge < -0.3 is 20.4 Å². The number of carbonyl (C=O) groups is 3. The maximum Gasteiger partial charge on any atom is 0.416 e. The molecule has 1 unspecified atom stereocenters. The quantitative estimate of drug-likeness (QED) is 0.685. The number of aliphatic carboxylic acids is 2. The Morgan fingerprint density at radius 3 is 2.30 bits per heavy atom. The van der Waals surface area contributed by atoms with Crippen LogP contribution in [0.15, 0.2) is 48.1 Å². The summed E-state index contributed by atoms with van der Waals surface area (Å²) in [5.74, 6) is -2.06. The van der Waals surface area contributed by atoms with Gasteiger partial charge in [-0.3, -0.25) is 4.79 Å². The lowest BCUT2D eigenvalue weighted by molar-refractivity contribution is -0.145. The summed E-state index contributed by atoms with van der Waals surface area (Å²) in [6.45, 7) is 3.01. The van der Waals surface area contributed by atoms with Crippen LogP contribution in [0.5, 0.6) is 0 Å². The summed E-state index contributed by atoms with van der Waals surface area (Å²) < 4.78 is 36.9. The van der Waals surface area contributed by atoms with Crippen LogP contribution in [-0.2, 0) is 22.3 Å². The summed E-state index contributed by atoms with van der Waals surface area (Å²) in [7, 11) is 0. The average Bonchev–Trinajstić information content (AvgIpc) is 3.06. The van der Waals surface area contributed by atoms with Crippen LogP contribution in [0.25, 0.3) is 0 Å². The maximum absolute atomic E-state index is 12.3. The fourth-order valence-corrected chi connectivity index (χ4v) is 2.87. The Kier molecular flexibility index (Phi) is 6.91. The molecular formula is C20H21F3N2O5.